The molecule has 0 unspecified atom stereocenters. The molecular formula is C18H15ClFN3O2. The Hall–Kier alpha value is -2.73. The summed E-state index contributed by atoms with van der Waals surface area (Å²) >= 11 is 5.92. The van der Waals surface area contributed by atoms with E-state index in [-0.39, 0.29) is 30.4 Å². The third-order valence-electron chi connectivity index (χ3n) is 3.88. The van der Waals surface area contributed by atoms with Crippen LogP contribution in [0.25, 0.3) is 10.9 Å². The number of nitrogens with zero attached hydrogens (tertiary/aromatic N) is 3. The number of carbonyl (C=O) groups is 1. The van der Waals surface area contributed by atoms with Gasteiger partial charge in [-0.2, -0.15) is 0 Å². The number of carbonyl (C=O) groups excluding carboxylic acids is 1. The van der Waals surface area contributed by atoms with Gasteiger partial charge in [-0.15, -0.1) is 0 Å². The lowest BCUT2D eigenvalue weighted by Gasteiger charge is -2.18. The second-order valence-corrected chi connectivity index (χ2v) is 6.12. The Morgan fingerprint density at radius 3 is 2.80 bits per heavy atom. The Labute approximate surface area is 148 Å². The van der Waals surface area contributed by atoms with Crippen LogP contribution in [0.4, 0.5) is 4.39 Å². The van der Waals surface area contributed by atoms with Gasteiger partial charge in [0.1, 0.15) is 12.4 Å². The fourth-order valence-corrected chi connectivity index (χ4v) is 2.65. The van der Waals surface area contributed by atoms with Gasteiger partial charge in [-0.1, -0.05) is 29.8 Å². The van der Waals surface area contributed by atoms with E-state index in [0.29, 0.717) is 21.5 Å². The lowest BCUT2D eigenvalue weighted by Crippen LogP contribution is -2.33. The van der Waals surface area contributed by atoms with Gasteiger partial charge in [0.15, 0.2) is 0 Å². The lowest BCUT2D eigenvalue weighted by atomic mass is 10.2. The van der Waals surface area contributed by atoms with Gasteiger partial charge >= 0.3 is 0 Å². The van der Waals surface area contributed by atoms with E-state index in [1.807, 2.05) is 0 Å². The summed E-state index contributed by atoms with van der Waals surface area (Å²) in [5.74, 6) is -0.699. The number of rotatable bonds is 4. The molecular weight excluding hydrogens is 345 g/mol. The maximum absolute atomic E-state index is 13.7. The van der Waals surface area contributed by atoms with Gasteiger partial charge in [0.05, 0.1) is 17.2 Å². The number of halogens is 2. The van der Waals surface area contributed by atoms with Gasteiger partial charge in [0, 0.05) is 24.2 Å². The third kappa shape index (κ3) is 3.69. The first-order valence-corrected chi connectivity index (χ1v) is 7.95. The van der Waals surface area contributed by atoms with E-state index in [1.165, 1.54) is 27.9 Å². The van der Waals surface area contributed by atoms with Crippen LogP contribution >= 0.6 is 11.6 Å². The normalized spacial score (nSPS) is 10.8. The monoisotopic (exact) mass is 359 g/mol. The van der Waals surface area contributed by atoms with Crippen LogP contribution in [-0.4, -0.2) is 27.4 Å². The van der Waals surface area contributed by atoms with Crippen LogP contribution in [0.15, 0.2) is 53.6 Å². The number of hydrogen-bond acceptors (Lipinski definition) is 3. The zero-order chi connectivity index (χ0) is 18.0. The van der Waals surface area contributed by atoms with Crippen molar-refractivity contribution in [1.82, 2.24) is 14.5 Å². The highest BCUT2D eigenvalue weighted by atomic mass is 35.5. The van der Waals surface area contributed by atoms with Crippen molar-refractivity contribution in [2.24, 2.45) is 0 Å². The summed E-state index contributed by atoms with van der Waals surface area (Å²) < 4.78 is 14.9. The second kappa shape index (κ2) is 7.03. The highest BCUT2D eigenvalue weighted by Gasteiger charge is 2.14. The molecule has 5 nitrogen and oxygen atoms in total. The molecule has 128 valence electrons. The average molecular weight is 360 g/mol. The fraction of sp³-hybridized carbons (Fsp3) is 0.167. The van der Waals surface area contributed by atoms with Gasteiger partial charge in [-0.3, -0.25) is 14.2 Å². The third-order valence-corrected chi connectivity index (χ3v) is 4.12. The maximum Gasteiger partial charge on any atom is 0.261 e. The minimum absolute atomic E-state index is 0.118. The molecule has 1 aromatic heterocycles. The lowest BCUT2D eigenvalue weighted by molar-refractivity contribution is -0.131. The molecule has 0 aliphatic rings. The molecule has 25 heavy (non-hydrogen) atoms. The van der Waals surface area contributed by atoms with Gasteiger partial charge < -0.3 is 4.90 Å². The smallest absolute Gasteiger partial charge is 0.261 e. The van der Waals surface area contributed by atoms with Crippen molar-refractivity contribution in [2.45, 2.75) is 13.1 Å². The van der Waals surface area contributed by atoms with Crippen LogP contribution in [0.3, 0.4) is 0 Å². The highest BCUT2D eigenvalue weighted by Crippen LogP contribution is 2.14. The Morgan fingerprint density at radius 1 is 1.28 bits per heavy atom. The molecule has 0 spiro atoms. The zero-order valence-electron chi connectivity index (χ0n) is 13.4. The molecule has 3 aromatic rings. The molecule has 3 rings (SSSR count). The predicted molar refractivity (Wildman–Crippen MR) is 93.9 cm³/mol. The van der Waals surface area contributed by atoms with Crippen LogP contribution in [0.1, 0.15) is 5.56 Å². The summed E-state index contributed by atoms with van der Waals surface area (Å²) in [7, 11) is 1.56. The van der Waals surface area contributed by atoms with E-state index < -0.39 is 0 Å². The van der Waals surface area contributed by atoms with E-state index in [2.05, 4.69) is 4.98 Å². The minimum Gasteiger partial charge on any atom is -0.340 e. The maximum atomic E-state index is 13.7. The Morgan fingerprint density at radius 2 is 2.04 bits per heavy atom. The summed E-state index contributed by atoms with van der Waals surface area (Å²) in [5, 5.41) is 0.770. The Bertz CT molecular complexity index is 1000. The first-order valence-electron chi connectivity index (χ1n) is 7.58. The summed E-state index contributed by atoms with van der Waals surface area (Å²) in [6.07, 6.45) is 1.33. The van der Waals surface area contributed by atoms with Crippen molar-refractivity contribution in [2.75, 3.05) is 7.05 Å². The van der Waals surface area contributed by atoms with E-state index in [4.69, 9.17) is 11.6 Å². The van der Waals surface area contributed by atoms with E-state index in [1.54, 1.807) is 37.4 Å². The zero-order valence-corrected chi connectivity index (χ0v) is 14.2. The average Bonchev–Trinajstić information content (AvgIpc) is 2.59. The first kappa shape index (κ1) is 17.1. The van der Waals surface area contributed by atoms with Gasteiger partial charge in [-0.25, -0.2) is 9.37 Å². The minimum atomic E-state index is -0.374. The summed E-state index contributed by atoms with van der Waals surface area (Å²) in [4.78, 5) is 30.4. The van der Waals surface area contributed by atoms with E-state index in [9.17, 15) is 14.0 Å². The van der Waals surface area contributed by atoms with Crippen LogP contribution in [0, 0.1) is 5.82 Å². The molecule has 2 aromatic carbocycles. The SMILES string of the molecule is CN(Cc1ccccc1F)C(=O)Cn1cnc2ccc(Cl)cc2c1=O. The summed E-state index contributed by atoms with van der Waals surface area (Å²) in [5.41, 5.74) is 0.576. The topological polar surface area (TPSA) is 55.2 Å². The molecule has 0 saturated heterocycles. The molecule has 0 atom stereocenters. The van der Waals surface area contributed by atoms with Crippen LogP contribution in [0.2, 0.25) is 5.02 Å². The van der Waals surface area contributed by atoms with E-state index >= 15 is 0 Å². The molecule has 0 fully saturated rings. The molecule has 0 saturated carbocycles. The molecule has 1 heterocycles. The molecule has 0 N–H and O–H groups in total. The van der Waals surface area contributed by atoms with Crippen molar-refractivity contribution < 1.29 is 9.18 Å². The highest BCUT2D eigenvalue weighted by molar-refractivity contribution is 6.31. The quantitative estimate of drug-likeness (QED) is 0.719. The van der Waals surface area contributed by atoms with Crippen molar-refractivity contribution in [3.8, 4) is 0 Å². The number of hydrogen-bond donors (Lipinski definition) is 0. The Kier molecular flexibility index (Phi) is 4.81. The van der Waals surface area contributed by atoms with Crippen molar-refractivity contribution in [1.29, 1.82) is 0 Å². The number of benzene rings is 2. The molecule has 0 bridgehead atoms. The van der Waals surface area contributed by atoms with Gasteiger partial charge in [-0.05, 0) is 24.3 Å². The van der Waals surface area contributed by atoms with Crippen molar-refractivity contribution >= 4 is 28.4 Å². The Balaban J connectivity index is 1.81. The van der Waals surface area contributed by atoms with E-state index in [0.717, 1.165) is 0 Å². The molecule has 0 radical (unpaired) electrons. The standard InChI is InChI=1S/C18H15ClFN3O2/c1-22(9-12-4-2-3-5-15(12)20)17(24)10-23-11-21-16-7-6-13(19)8-14(16)18(23)25/h2-8,11H,9-10H2,1H3. The number of amides is 1. The van der Waals surface area contributed by atoms with Crippen molar-refractivity contribution in [3.05, 3.63) is 75.5 Å². The van der Waals surface area contributed by atoms with Crippen LogP contribution < -0.4 is 5.56 Å². The number of likely N-dealkylation sites (N-methyl/N-ethyl adjacent to an activating group) is 1. The largest absolute Gasteiger partial charge is 0.340 e. The molecule has 0 aliphatic heterocycles. The number of aromatic nitrogens is 2. The molecule has 1 amide bonds. The van der Waals surface area contributed by atoms with Crippen LogP contribution in [-0.2, 0) is 17.9 Å². The second-order valence-electron chi connectivity index (χ2n) is 5.68. The predicted octanol–water partition coefficient (Wildman–Crippen LogP) is 2.85. The van der Waals surface area contributed by atoms with Gasteiger partial charge in [0.25, 0.3) is 5.56 Å². The fourth-order valence-electron chi connectivity index (χ4n) is 2.48. The van der Waals surface area contributed by atoms with Crippen molar-refractivity contribution in [3.63, 3.8) is 0 Å². The number of fused-ring (bicyclic) bond motifs is 1. The summed E-state index contributed by atoms with van der Waals surface area (Å²) in [6.45, 7) is -0.0632. The van der Waals surface area contributed by atoms with Gasteiger partial charge in [0.2, 0.25) is 5.91 Å². The molecule has 7 heteroatoms. The first-order chi connectivity index (χ1) is 12.0. The van der Waals surface area contributed by atoms with Crippen LogP contribution in [0.5, 0.6) is 0 Å². The summed E-state index contributed by atoms with van der Waals surface area (Å²) in [6, 6.07) is 11.1. The molecule has 0 aliphatic carbocycles.